The minimum absolute atomic E-state index is 0.0183. The predicted molar refractivity (Wildman–Crippen MR) is 95.6 cm³/mol. The van der Waals surface area contributed by atoms with Gasteiger partial charge in [0.05, 0.1) is 31.4 Å². The second-order valence-electron chi connectivity index (χ2n) is 7.75. The van der Waals surface area contributed by atoms with Gasteiger partial charge < -0.3 is 20.1 Å². The number of aryl methyl sites for hydroxylation is 1. The molecule has 1 aromatic carbocycles. The maximum Gasteiger partial charge on any atom is 0.318 e. The maximum atomic E-state index is 12.9. The Hall–Kier alpha value is -1.59. The lowest BCUT2D eigenvalue weighted by Crippen LogP contribution is -2.53. The van der Waals surface area contributed by atoms with Crippen molar-refractivity contribution in [1.82, 2.24) is 10.2 Å². The summed E-state index contributed by atoms with van der Waals surface area (Å²) in [5, 5.41) is 13.0. The average Bonchev–Trinajstić information content (AvgIpc) is 2.95. The molecular formula is C20H28N2O3. The van der Waals surface area contributed by atoms with Crippen molar-refractivity contribution in [3.63, 3.8) is 0 Å². The van der Waals surface area contributed by atoms with Crippen molar-refractivity contribution in [2.75, 3.05) is 19.8 Å². The van der Waals surface area contributed by atoms with E-state index in [4.69, 9.17) is 4.74 Å². The first-order valence-corrected chi connectivity index (χ1v) is 9.58. The summed E-state index contributed by atoms with van der Waals surface area (Å²) in [6.45, 7) is 3.43. The molecule has 1 aromatic rings. The van der Waals surface area contributed by atoms with Gasteiger partial charge in [-0.2, -0.15) is 0 Å². The first-order valence-electron chi connectivity index (χ1n) is 9.58. The molecule has 0 aromatic heterocycles. The molecular weight excluding hydrogens is 316 g/mol. The van der Waals surface area contributed by atoms with Crippen LogP contribution in [-0.2, 0) is 11.2 Å². The number of aliphatic hydroxyl groups is 1. The van der Waals surface area contributed by atoms with Gasteiger partial charge in [-0.3, -0.25) is 0 Å². The number of carbonyl (C=O) groups is 1. The topological polar surface area (TPSA) is 61.8 Å². The number of morpholine rings is 1. The smallest absolute Gasteiger partial charge is 0.318 e. The molecule has 136 valence electrons. The molecule has 1 heterocycles. The summed E-state index contributed by atoms with van der Waals surface area (Å²) in [5.74, 6) is 0.600. The van der Waals surface area contributed by atoms with Crippen molar-refractivity contribution >= 4 is 6.03 Å². The maximum absolute atomic E-state index is 12.9. The van der Waals surface area contributed by atoms with E-state index in [1.165, 1.54) is 36.0 Å². The van der Waals surface area contributed by atoms with Gasteiger partial charge in [-0.25, -0.2) is 4.79 Å². The fraction of sp³-hybridized carbons (Fsp3) is 0.650. The minimum atomic E-state index is -0.435. The Morgan fingerprint density at radius 1 is 1.48 bits per heavy atom. The van der Waals surface area contributed by atoms with Crippen LogP contribution in [0.2, 0.25) is 0 Å². The summed E-state index contributed by atoms with van der Waals surface area (Å²) in [4.78, 5) is 14.8. The van der Waals surface area contributed by atoms with Crippen molar-refractivity contribution in [2.45, 2.75) is 63.1 Å². The van der Waals surface area contributed by atoms with Gasteiger partial charge in [0, 0.05) is 6.54 Å². The van der Waals surface area contributed by atoms with Crippen molar-refractivity contribution in [3.05, 3.63) is 34.9 Å². The second-order valence-corrected chi connectivity index (χ2v) is 7.75. The lowest BCUT2D eigenvalue weighted by atomic mass is 9.84. The molecule has 0 bridgehead atoms. The lowest BCUT2D eigenvalue weighted by Gasteiger charge is -2.37. The minimum Gasteiger partial charge on any atom is -0.393 e. The van der Waals surface area contributed by atoms with Crippen LogP contribution < -0.4 is 5.32 Å². The number of benzene rings is 1. The molecule has 5 heteroatoms. The van der Waals surface area contributed by atoms with Crippen LogP contribution >= 0.6 is 0 Å². The van der Waals surface area contributed by atoms with E-state index < -0.39 is 6.10 Å². The quantitative estimate of drug-likeness (QED) is 0.886. The number of rotatable bonds is 3. The Morgan fingerprint density at radius 3 is 3.20 bits per heavy atom. The number of ether oxygens (including phenoxy) is 1. The van der Waals surface area contributed by atoms with Crippen LogP contribution in [0.4, 0.5) is 4.79 Å². The van der Waals surface area contributed by atoms with Gasteiger partial charge in [0.1, 0.15) is 0 Å². The zero-order valence-electron chi connectivity index (χ0n) is 14.9. The standard InChI is InChI=1S/C20H28N2O3/c1-13(23)10-16-12-25-9-8-22(16)20(24)21-18-11-15-6-2-4-14-5-3-7-17(18)19(14)15/h3,5,7,13,15-16,18,23H,2,4,6,8-12H2,1H3,(H,21,24)/t13-,15+,16+,18+/m0/s1. The predicted octanol–water partition coefficient (Wildman–Crippen LogP) is 2.73. The molecule has 1 aliphatic heterocycles. The molecule has 2 amide bonds. The number of aliphatic hydroxyl groups excluding tert-OH is 1. The molecule has 2 N–H and O–H groups in total. The Kier molecular flexibility index (Phi) is 4.69. The zero-order valence-corrected chi connectivity index (χ0v) is 14.9. The molecule has 5 nitrogen and oxygen atoms in total. The third-order valence-electron chi connectivity index (χ3n) is 5.93. The lowest BCUT2D eigenvalue weighted by molar-refractivity contribution is -0.00485. The summed E-state index contributed by atoms with van der Waals surface area (Å²) in [6, 6.07) is 6.60. The van der Waals surface area contributed by atoms with E-state index in [0.29, 0.717) is 32.1 Å². The number of hydrogen-bond acceptors (Lipinski definition) is 3. The zero-order chi connectivity index (χ0) is 17.4. The molecule has 4 rings (SSSR count). The summed E-state index contributed by atoms with van der Waals surface area (Å²) in [7, 11) is 0. The number of hydrogen-bond donors (Lipinski definition) is 2. The molecule has 4 atom stereocenters. The highest BCUT2D eigenvalue weighted by atomic mass is 16.5. The number of urea groups is 1. The molecule has 0 radical (unpaired) electrons. The summed E-state index contributed by atoms with van der Waals surface area (Å²) in [5.41, 5.74) is 4.29. The van der Waals surface area contributed by atoms with Crippen LogP contribution in [0, 0.1) is 0 Å². The van der Waals surface area contributed by atoms with Gasteiger partial charge in [-0.1, -0.05) is 18.2 Å². The molecule has 25 heavy (non-hydrogen) atoms. The molecule has 3 aliphatic rings. The van der Waals surface area contributed by atoms with Crippen molar-refractivity contribution in [1.29, 1.82) is 0 Å². The SMILES string of the molecule is C[C@H](O)C[C@@H]1COCCN1C(=O)N[C@@H]1C[C@H]2CCCc3cccc1c32. The molecule has 0 unspecified atom stereocenters. The van der Waals surface area contributed by atoms with Crippen LogP contribution in [-0.4, -0.2) is 47.9 Å². The first kappa shape index (κ1) is 16.9. The van der Waals surface area contributed by atoms with Crippen LogP contribution in [0.5, 0.6) is 0 Å². The van der Waals surface area contributed by atoms with E-state index >= 15 is 0 Å². The second kappa shape index (κ2) is 6.96. The van der Waals surface area contributed by atoms with E-state index in [9.17, 15) is 9.90 Å². The van der Waals surface area contributed by atoms with Crippen LogP contribution in [0.3, 0.4) is 0 Å². The molecule has 0 spiro atoms. The number of nitrogens with one attached hydrogen (secondary N) is 1. The largest absolute Gasteiger partial charge is 0.393 e. The first-order chi connectivity index (χ1) is 12.1. The van der Waals surface area contributed by atoms with Crippen LogP contribution in [0.25, 0.3) is 0 Å². The normalized spacial score (nSPS) is 29.2. The fourth-order valence-electron chi connectivity index (χ4n) is 4.86. The molecule has 0 saturated carbocycles. The van der Waals surface area contributed by atoms with E-state index in [2.05, 4.69) is 23.5 Å². The van der Waals surface area contributed by atoms with Crippen LogP contribution in [0.1, 0.15) is 61.3 Å². The van der Waals surface area contributed by atoms with E-state index in [1.807, 2.05) is 4.90 Å². The Morgan fingerprint density at radius 2 is 2.36 bits per heavy atom. The summed E-state index contributed by atoms with van der Waals surface area (Å²) < 4.78 is 5.52. The molecule has 1 fully saturated rings. The third kappa shape index (κ3) is 3.27. The highest BCUT2D eigenvalue weighted by Gasteiger charge is 2.37. The van der Waals surface area contributed by atoms with E-state index in [1.54, 1.807) is 6.92 Å². The van der Waals surface area contributed by atoms with Crippen molar-refractivity contribution in [2.24, 2.45) is 0 Å². The molecule has 2 aliphatic carbocycles. The van der Waals surface area contributed by atoms with Gasteiger partial charge >= 0.3 is 6.03 Å². The van der Waals surface area contributed by atoms with E-state index in [0.717, 1.165) is 6.42 Å². The van der Waals surface area contributed by atoms with E-state index in [-0.39, 0.29) is 18.1 Å². The van der Waals surface area contributed by atoms with Crippen LogP contribution in [0.15, 0.2) is 18.2 Å². The van der Waals surface area contributed by atoms with Gasteiger partial charge in [0.25, 0.3) is 0 Å². The highest BCUT2D eigenvalue weighted by Crippen LogP contribution is 2.47. The average molecular weight is 344 g/mol. The van der Waals surface area contributed by atoms with Gasteiger partial charge in [0.2, 0.25) is 0 Å². The van der Waals surface area contributed by atoms with Gasteiger partial charge in [-0.15, -0.1) is 0 Å². The van der Waals surface area contributed by atoms with Crippen molar-refractivity contribution in [3.8, 4) is 0 Å². The van der Waals surface area contributed by atoms with Gasteiger partial charge in [0.15, 0.2) is 0 Å². The Balaban J connectivity index is 1.49. The monoisotopic (exact) mass is 344 g/mol. The van der Waals surface area contributed by atoms with Crippen molar-refractivity contribution < 1.29 is 14.6 Å². The van der Waals surface area contributed by atoms with Gasteiger partial charge in [-0.05, 0) is 61.6 Å². The fourth-order valence-corrected chi connectivity index (χ4v) is 4.86. The number of amides is 2. The highest BCUT2D eigenvalue weighted by molar-refractivity contribution is 5.75. The third-order valence-corrected chi connectivity index (χ3v) is 5.93. The summed E-state index contributed by atoms with van der Waals surface area (Å²) >= 11 is 0. The number of carbonyl (C=O) groups excluding carboxylic acids is 1. The Labute approximate surface area is 149 Å². The Bertz CT molecular complexity index is 646. The molecule has 1 saturated heterocycles. The summed E-state index contributed by atoms with van der Waals surface area (Å²) in [6.07, 6.45) is 4.79. The number of nitrogens with zero attached hydrogens (tertiary/aromatic N) is 1.